The van der Waals surface area contributed by atoms with E-state index in [0.717, 1.165) is 34.4 Å². The van der Waals surface area contributed by atoms with E-state index in [1.54, 1.807) is 12.1 Å². The fourth-order valence-electron chi connectivity index (χ4n) is 10.9. The maximum absolute atomic E-state index is 14.4. The van der Waals surface area contributed by atoms with Gasteiger partial charge in [0.25, 0.3) is 0 Å². The van der Waals surface area contributed by atoms with E-state index in [9.17, 15) is 26.3 Å². The van der Waals surface area contributed by atoms with Gasteiger partial charge in [-0.25, -0.2) is 29.9 Å². The van der Waals surface area contributed by atoms with Gasteiger partial charge >= 0.3 is 12.4 Å². The lowest BCUT2D eigenvalue weighted by molar-refractivity contribution is -0.138. The predicted octanol–water partition coefficient (Wildman–Crippen LogP) is 18.0. The van der Waals surface area contributed by atoms with Crippen molar-refractivity contribution in [2.75, 3.05) is 0 Å². The molecule has 0 saturated heterocycles. The number of para-hydroxylation sites is 2. The minimum absolute atomic E-state index is 0.292. The number of aromatic nitrogens is 8. The molecule has 4 aromatic heterocycles. The first-order valence-electron chi connectivity index (χ1n) is 26.2. The summed E-state index contributed by atoms with van der Waals surface area (Å²) >= 11 is 0. The van der Waals surface area contributed by atoms with E-state index in [0.29, 0.717) is 112 Å². The fraction of sp³-hybridized carbons (Fsp3) is 0.0294. The van der Waals surface area contributed by atoms with Crippen molar-refractivity contribution in [1.82, 2.24) is 39.0 Å². The van der Waals surface area contributed by atoms with E-state index in [1.807, 2.05) is 203 Å². The van der Waals surface area contributed by atoms with Crippen LogP contribution in [-0.4, -0.2) is 39.0 Å². The van der Waals surface area contributed by atoms with Gasteiger partial charge in [0.15, 0.2) is 34.9 Å². The van der Waals surface area contributed by atoms with E-state index in [4.69, 9.17) is 29.9 Å². The lowest BCUT2D eigenvalue weighted by Gasteiger charge is -2.18. The van der Waals surface area contributed by atoms with E-state index in [-0.39, 0.29) is 0 Å². The van der Waals surface area contributed by atoms with Crippen molar-refractivity contribution in [1.29, 1.82) is 0 Å². The van der Waals surface area contributed by atoms with E-state index < -0.39 is 23.5 Å². The molecule has 0 saturated carbocycles. The molecule has 0 amide bonds. The van der Waals surface area contributed by atoms with Crippen LogP contribution in [0.25, 0.3) is 134 Å². The lowest BCUT2D eigenvalue weighted by Crippen LogP contribution is -2.06. The number of halogens is 6. The quantitative estimate of drug-likeness (QED) is 0.134. The molecule has 8 nitrogen and oxygen atoms in total. The second-order valence-electron chi connectivity index (χ2n) is 19.7. The molecule has 0 N–H and O–H groups in total. The van der Waals surface area contributed by atoms with Crippen molar-refractivity contribution in [2.45, 2.75) is 12.4 Å². The Labute approximate surface area is 464 Å². The van der Waals surface area contributed by atoms with Gasteiger partial charge in [-0.15, -0.1) is 0 Å². The number of hydrogen-bond donors (Lipinski definition) is 0. The zero-order valence-corrected chi connectivity index (χ0v) is 42.9. The van der Waals surface area contributed by atoms with Crippen LogP contribution >= 0.6 is 0 Å². The predicted molar refractivity (Wildman–Crippen MR) is 310 cm³/mol. The van der Waals surface area contributed by atoms with E-state index >= 15 is 0 Å². The van der Waals surface area contributed by atoms with Crippen molar-refractivity contribution < 1.29 is 26.3 Å². The van der Waals surface area contributed by atoms with Gasteiger partial charge in [0, 0.05) is 54.9 Å². The highest BCUT2D eigenvalue weighted by molar-refractivity contribution is 6.11. The number of nitrogens with zero attached hydrogens (tertiary/aromatic N) is 8. The first-order valence-corrected chi connectivity index (χ1v) is 26.2. The van der Waals surface area contributed by atoms with Gasteiger partial charge < -0.3 is 9.13 Å². The van der Waals surface area contributed by atoms with Gasteiger partial charge in [-0.2, -0.15) is 26.3 Å². The molecule has 14 heteroatoms. The largest absolute Gasteiger partial charge is 0.416 e. The number of hydrogen-bond acceptors (Lipinski definition) is 6. The van der Waals surface area contributed by atoms with Crippen LogP contribution in [-0.2, 0) is 12.4 Å². The molecule has 10 aromatic carbocycles. The van der Waals surface area contributed by atoms with Crippen molar-refractivity contribution in [3.05, 3.63) is 254 Å². The Morgan fingerprint density at radius 1 is 0.244 bits per heavy atom. The number of rotatable bonds is 9. The molecule has 0 aliphatic carbocycles. The number of benzene rings is 10. The van der Waals surface area contributed by atoms with Crippen LogP contribution in [0, 0.1) is 0 Å². The van der Waals surface area contributed by atoms with Crippen molar-refractivity contribution >= 4 is 43.6 Å². The summed E-state index contributed by atoms with van der Waals surface area (Å²) in [5.41, 5.74) is 7.37. The van der Waals surface area contributed by atoms with Crippen LogP contribution in [0.5, 0.6) is 0 Å². The Balaban J connectivity index is 1.06. The number of fused-ring (bicyclic) bond motifs is 6. The molecule has 0 radical (unpaired) electrons. The van der Waals surface area contributed by atoms with Crippen molar-refractivity contribution in [3.8, 4) is 90.8 Å². The third-order valence-electron chi connectivity index (χ3n) is 14.7. The lowest BCUT2D eigenvalue weighted by atomic mass is 9.97. The van der Waals surface area contributed by atoms with E-state index in [2.05, 4.69) is 0 Å². The molecule has 14 aromatic rings. The summed E-state index contributed by atoms with van der Waals surface area (Å²) in [5, 5.41) is 2.05. The second kappa shape index (κ2) is 19.6. The van der Waals surface area contributed by atoms with Crippen LogP contribution in [0.15, 0.2) is 243 Å². The summed E-state index contributed by atoms with van der Waals surface area (Å²) in [6, 6.07) is 72.1. The van der Waals surface area contributed by atoms with E-state index in [1.165, 1.54) is 24.3 Å². The molecule has 0 unspecified atom stereocenters. The normalized spacial score (nSPS) is 12.0. The average Bonchev–Trinajstić information content (AvgIpc) is 2.47. The van der Waals surface area contributed by atoms with Gasteiger partial charge in [0.2, 0.25) is 0 Å². The maximum Gasteiger partial charge on any atom is 0.416 e. The Morgan fingerprint density at radius 2 is 0.537 bits per heavy atom. The van der Waals surface area contributed by atoms with Crippen LogP contribution < -0.4 is 0 Å². The first kappa shape index (κ1) is 49.7. The molecule has 0 aliphatic rings. The van der Waals surface area contributed by atoms with Gasteiger partial charge in [-0.3, -0.25) is 0 Å². The summed E-state index contributed by atoms with van der Waals surface area (Å²) in [6.45, 7) is 0. The molecular weight excluding hydrogens is 1040 g/mol. The highest BCUT2D eigenvalue weighted by Gasteiger charge is 2.33. The zero-order valence-electron chi connectivity index (χ0n) is 42.9. The Hall–Kier alpha value is -10.6. The van der Waals surface area contributed by atoms with Crippen LogP contribution in [0.4, 0.5) is 26.3 Å². The zero-order chi connectivity index (χ0) is 55.7. The summed E-state index contributed by atoms with van der Waals surface area (Å²) in [7, 11) is 0. The SMILES string of the molecule is FC(F)(F)c1ccc2c(c1)c1ccccc1n2-c1ccc(-c2ccc(-n3c4ccccc4c4cc(C(F)(F)F)ccc43)c(-c3nc(-c4ccccc4)nc(-c4ccccc4)n3)c2)cc1-c1nc(-c2ccccc2)nc(-c2ccccc2)n1. The van der Waals surface area contributed by atoms with Gasteiger partial charge in [-0.05, 0) is 83.9 Å². The summed E-state index contributed by atoms with van der Waals surface area (Å²) in [6.07, 6.45) is -9.17. The highest BCUT2D eigenvalue weighted by atomic mass is 19.4. The molecule has 82 heavy (non-hydrogen) atoms. The standard InChI is InChI=1S/C68H40F6N8/c69-67(70,71)47-31-35-57-51(39-47)49-25-13-15-27-55(49)81(57)59-33-29-45(37-53(59)65-77-61(41-17-5-1-6-18-41)75-62(78-65)42-19-7-2-8-20-42)46-30-34-60(82-56-28-16-14-26-50(56)52-40-48(68(72,73)74)32-36-58(52)82)54(38-46)66-79-63(43-21-9-3-10-22-43)76-64(80-66)44-23-11-4-12-24-44/h1-40H. The third-order valence-corrected chi connectivity index (χ3v) is 14.7. The third kappa shape index (κ3) is 8.86. The van der Waals surface area contributed by atoms with Crippen LogP contribution in [0.1, 0.15) is 11.1 Å². The summed E-state index contributed by atoms with van der Waals surface area (Å²) < 4.78 is 90.5. The smallest absolute Gasteiger partial charge is 0.309 e. The van der Waals surface area contributed by atoms with Crippen LogP contribution in [0.3, 0.4) is 0 Å². The molecule has 4 heterocycles. The molecule has 0 aliphatic heterocycles. The molecule has 0 spiro atoms. The van der Waals surface area contributed by atoms with Crippen molar-refractivity contribution in [2.24, 2.45) is 0 Å². The van der Waals surface area contributed by atoms with Crippen molar-refractivity contribution in [3.63, 3.8) is 0 Å². The molecule has 394 valence electrons. The fourth-order valence-corrected chi connectivity index (χ4v) is 10.9. The minimum atomic E-state index is -4.59. The molecule has 0 bridgehead atoms. The highest BCUT2D eigenvalue weighted by Crippen LogP contribution is 2.44. The average molecular weight is 1080 g/mol. The Morgan fingerprint density at radius 3 is 0.866 bits per heavy atom. The van der Waals surface area contributed by atoms with Crippen LogP contribution in [0.2, 0.25) is 0 Å². The topological polar surface area (TPSA) is 87.2 Å². The maximum atomic E-state index is 14.4. The summed E-state index contributed by atoms with van der Waals surface area (Å²) in [4.78, 5) is 30.8. The monoisotopic (exact) mass is 1080 g/mol. The molecule has 0 fully saturated rings. The molecular formula is C68H40F6N8. The second-order valence-corrected chi connectivity index (χ2v) is 19.7. The van der Waals surface area contributed by atoms with Gasteiger partial charge in [0.05, 0.1) is 44.6 Å². The van der Waals surface area contributed by atoms with Gasteiger partial charge in [-0.1, -0.05) is 170 Å². The minimum Gasteiger partial charge on any atom is -0.309 e. The Kier molecular flexibility index (Phi) is 11.9. The Bertz CT molecular complexity index is 4350. The molecule has 0 atom stereocenters. The number of alkyl halides is 6. The summed E-state index contributed by atoms with van der Waals surface area (Å²) in [5.74, 6) is 2.18. The molecule has 14 rings (SSSR count). The first-order chi connectivity index (χ1) is 39.9. The van der Waals surface area contributed by atoms with Gasteiger partial charge in [0.1, 0.15) is 0 Å².